The maximum absolute atomic E-state index is 12.5. The summed E-state index contributed by atoms with van der Waals surface area (Å²) in [5.41, 5.74) is 2.75. The van der Waals surface area contributed by atoms with E-state index in [4.69, 9.17) is 10.00 Å². The van der Waals surface area contributed by atoms with E-state index in [0.717, 1.165) is 17.0 Å². The lowest BCUT2D eigenvalue weighted by atomic mass is 10.1. The Balaban J connectivity index is 1.61. The number of aryl methyl sites for hydroxylation is 1. The number of carbonyl (C=O) groups is 1. The van der Waals surface area contributed by atoms with Gasteiger partial charge in [-0.25, -0.2) is 9.97 Å². The lowest BCUT2D eigenvalue weighted by Crippen LogP contribution is -2.27. The topological polar surface area (TPSA) is 99.9 Å². The maximum Gasteiger partial charge on any atom is 0.270 e. The predicted octanol–water partition coefficient (Wildman–Crippen LogP) is 3.38. The molecule has 0 spiro atoms. The molecule has 3 rings (SSSR count). The number of nitriles is 1. The van der Waals surface area contributed by atoms with Gasteiger partial charge < -0.3 is 15.4 Å². The van der Waals surface area contributed by atoms with Gasteiger partial charge in [0.15, 0.2) is 0 Å². The van der Waals surface area contributed by atoms with E-state index in [1.165, 1.54) is 0 Å². The first-order chi connectivity index (χ1) is 14.1. The molecule has 1 heterocycles. The van der Waals surface area contributed by atoms with Gasteiger partial charge >= 0.3 is 0 Å². The quantitative estimate of drug-likeness (QED) is 0.645. The van der Waals surface area contributed by atoms with Crippen molar-refractivity contribution in [3.8, 4) is 11.8 Å². The van der Waals surface area contributed by atoms with Gasteiger partial charge in [0.25, 0.3) is 5.91 Å². The first-order valence-electron chi connectivity index (χ1n) is 9.11. The summed E-state index contributed by atoms with van der Waals surface area (Å²) >= 11 is 0. The Labute approximate surface area is 169 Å². The highest BCUT2D eigenvalue weighted by Crippen LogP contribution is 2.16. The van der Waals surface area contributed by atoms with Crippen molar-refractivity contribution in [2.75, 3.05) is 19.0 Å². The molecule has 146 valence electrons. The van der Waals surface area contributed by atoms with Gasteiger partial charge in [0, 0.05) is 18.3 Å². The number of rotatable bonds is 7. The predicted molar refractivity (Wildman–Crippen MR) is 110 cm³/mol. The minimum atomic E-state index is -0.258. The molecule has 0 bridgehead atoms. The molecule has 0 aliphatic rings. The average molecular weight is 387 g/mol. The largest absolute Gasteiger partial charge is 0.497 e. The van der Waals surface area contributed by atoms with Crippen molar-refractivity contribution in [1.82, 2.24) is 15.3 Å². The summed E-state index contributed by atoms with van der Waals surface area (Å²) in [5, 5.41) is 14.9. The van der Waals surface area contributed by atoms with E-state index in [2.05, 4.69) is 26.7 Å². The maximum atomic E-state index is 12.5. The Morgan fingerprint density at radius 1 is 1.10 bits per heavy atom. The second-order valence-electron chi connectivity index (χ2n) is 6.35. The van der Waals surface area contributed by atoms with Crippen LogP contribution in [0.2, 0.25) is 0 Å². The molecule has 3 aromatic rings. The zero-order chi connectivity index (χ0) is 20.6. The normalized spacial score (nSPS) is 10.1. The second kappa shape index (κ2) is 9.33. The number of benzene rings is 2. The summed E-state index contributed by atoms with van der Waals surface area (Å²) in [6.45, 7) is 2.23. The monoisotopic (exact) mass is 387 g/mol. The van der Waals surface area contributed by atoms with Crippen molar-refractivity contribution in [2.45, 2.75) is 13.3 Å². The van der Waals surface area contributed by atoms with Gasteiger partial charge in [-0.1, -0.05) is 12.1 Å². The number of nitrogens with one attached hydrogen (secondary N) is 2. The average Bonchev–Trinajstić information content (AvgIpc) is 2.74. The fourth-order valence-electron chi connectivity index (χ4n) is 2.73. The van der Waals surface area contributed by atoms with Crippen molar-refractivity contribution in [3.63, 3.8) is 0 Å². The van der Waals surface area contributed by atoms with Gasteiger partial charge in [-0.2, -0.15) is 5.26 Å². The molecule has 0 aliphatic heterocycles. The lowest BCUT2D eigenvalue weighted by Gasteiger charge is -2.09. The lowest BCUT2D eigenvalue weighted by molar-refractivity contribution is 0.0949. The summed E-state index contributed by atoms with van der Waals surface area (Å²) < 4.78 is 5.14. The van der Waals surface area contributed by atoms with Gasteiger partial charge in [0.05, 0.1) is 18.7 Å². The van der Waals surface area contributed by atoms with Crippen molar-refractivity contribution >= 4 is 17.4 Å². The molecule has 7 nitrogen and oxygen atoms in total. The fraction of sp³-hybridized carbons (Fsp3) is 0.182. The smallest absolute Gasteiger partial charge is 0.270 e. The van der Waals surface area contributed by atoms with Crippen molar-refractivity contribution in [2.24, 2.45) is 0 Å². The number of methoxy groups -OCH3 is 1. The van der Waals surface area contributed by atoms with Crippen molar-refractivity contribution in [1.29, 1.82) is 5.26 Å². The van der Waals surface area contributed by atoms with Crippen LogP contribution in [0.3, 0.4) is 0 Å². The van der Waals surface area contributed by atoms with E-state index < -0.39 is 0 Å². The Hall–Kier alpha value is -3.92. The molecule has 29 heavy (non-hydrogen) atoms. The number of anilines is 2. The highest BCUT2D eigenvalue weighted by atomic mass is 16.5. The first kappa shape index (κ1) is 19.8. The number of hydrogen-bond donors (Lipinski definition) is 2. The SMILES string of the molecule is COc1ccc(CCNC(=O)c2cc(Nc3ccc(C#N)cc3)nc(C)n2)cc1. The standard InChI is InChI=1S/C22H21N5O2/c1-15-25-20(13-21(26-15)27-18-7-3-17(14-23)4-8-18)22(28)24-12-11-16-5-9-19(29-2)10-6-16/h3-10,13H,11-12H2,1-2H3,(H,24,28)(H,25,26,27). The van der Waals surface area contributed by atoms with E-state index in [-0.39, 0.29) is 5.91 Å². The van der Waals surface area contributed by atoms with Crippen LogP contribution >= 0.6 is 0 Å². The number of ether oxygens (including phenoxy) is 1. The Morgan fingerprint density at radius 3 is 2.48 bits per heavy atom. The molecule has 0 fully saturated rings. The molecule has 2 aromatic carbocycles. The number of nitrogens with zero attached hydrogens (tertiary/aromatic N) is 3. The molecule has 2 N–H and O–H groups in total. The molecule has 0 radical (unpaired) electrons. The molecule has 1 amide bonds. The highest BCUT2D eigenvalue weighted by molar-refractivity contribution is 5.93. The molecule has 0 aliphatic carbocycles. The molecule has 0 unspecified atom stereocenters. The molecule has 0 atom stereocenters. The van der Waals surface area contributed by atoms with E-state index >= 15 is 0 Å². The van der Waals surface area contributed by atoms with Crippen LogP contribution in [0.25, 0.3) is 0 Å². The van der Waals surface area contributed by atoms with Crippen LogP contribution < -0.4 is 15.4 Å². The molecular weight excluding hydrogens is 366 g/mol. The second-order valence-corrected chi connectivity index (χ2v) is 6.35. The van der Waals surface area contributed by atoms with E-state index in [1.807, 2.05) is 24.3 Å². The molecule has 7 heteroatoms. The van der Waals surface area contributed by atoms with E-state index in [1.54, 1.807) is 44.4 Å². The third kappa shape index (κ3) is 5.53. The minimum absolute atomic E-state index is 0.258. The number of hydrogen-bond acceptors (Lipinski definition) is 6. The number of aromatic nitrogens is 2. The van der Waals surface area contributed by atoms with Gasteiger partial charge in [-0.05, 0) is 55.3 Å². The highest BCUT2D eigenvalue weighted by Gasteiger charge is 2.10. The third-order valence-electron chi connectivity index (χ3n) is 4.22. The van der Waals surface area contributed by atoms with Crippen LogP contribution in [-0.4, -0.2) is 29.5 Å². The van der Waals surface area contributed by atoms with Crippen LogP contribution in [-0.2, 0) is 6.42 Å². The van der Waals surface area contributed by atoms with Crippen LogP contribution in [0.4, 0.5) is 11.5 Å². The minimum Gasteiger partial charge on any atom is -0.497 e. The van der Waals surface area contributed by atoms with Crippen molar-refractivity contribution < 1.29 is 9.53 Å². The molecule has 0 saturated carbocycles. The van der Waals surface area contributed by atoms with Crippen molar-refractivity contribution in [3.05, 3.63) is 77.2 Å². The fourth-order valence-corrected chi connectivity index (χ4v) is 2.73. The summed E-state index contributed by atoms with van der Waals surface area (Å²) in [6.07, 6.45) is 0.705. The van der Waals surface area contributed by atoms with Gasteiger partial charge in [-0.3, -0.25) is 4.79 Å². The van der Waals surface area contributed by atoms with Crippen LogP contribution in [0.5, 0.6) is 5.75 Å². The zero-order valence-electron chi connectivity index (χ0n) is 16.3. The first-order valence-corrected chi connectivity index (χ1v) is 9.11. The summed E-state index contributed by atoms with van der Waals surface area (Å²) in [5.74, 6) is 1.55. The molecular formula is C22H21N5O2. The molecule has 1 aromatic heterocycles. The number of carbonyl (C=O) groups excluding carboxylic acids is 1. The van der Waals surface area contributed by atoms with Gasteiger partial charge in [0.2, 0.25) is 0 Å². The summed E-state index contributed by atoms with van der Waals surface area (Å²) in [7, 11) is 1.63. The van der Waals surface area contributed by atoms with Crippen LogP contribution in [0, 0.1) is 18.3 Å². The zero-order valence-corrected chi connectivity index (χ0v) is 16.3. The molecule has 0 saturated heterocycles. The Kier molecular flexibility index (Phi) is 6.38. The van der Waals surface area contributed by atoms with Crippen LogP contribution in [0.1, 0.15) is 27.4 Å². The summed E-state index contributed by atoms with van der Waals surface area (Å²) in [4.78, 5) is 21.0. The third-order valence-corrected chi connectivity index (χ3v) is 4.22. The summed E-state index contributed by atoms with van der Waals surface area (Å²) in [6, 6.07) is 18.4. The van der Waals surface area contributed by atoms with E-state index in [0.29, 0.717) is 35.9 Å². The number of amides is 1. The van der Waals surface area contributed by atoms with E-state index in [9.17, 15) is 4.79 Å². The van der Waals surface area contributed by atoms with Gasteiger partial charge in [-0.15, -0.1) is 0 Å². The van der Waals surface area contributed by atoms with Crippen LogP contribution in [0.15, 0.2) is 54.6 Å². The Morgan fingerprint density at radius 2 is 1.83 bits per heavy atom. The Bertz CT molecular complexity index is 1020. The van der Waals surface area contributed by atoms with Gasteiger partial charge in [0.1, 0.15) is 23.1 Å².